The fourth-order valence-corrected chi connectivity index (χ4v) is 5.59. The highest BCUT2D eigenvalue weighted by atomic mass is 31.3. The molecule has 7 N–H and O–H groups in total. The number of H-pyrrole nitrogens is 1. The van der Waals surface area contributed by atoms with Crippen molar-refractivity contribution in [1.29, 1.82) is 0 Å². The minimum absolute atomic E-state index is 0.125. The first-order chi connectivity index (χ1) is 14.1. The predicted molar refractivity (Wildman–Crippen MR) is 98.4 cm³/mol. The van der Waals surface area contributed by atoms with Crippen molar-refractivity contribution >= 4 is 23.5 Å². The Bertz CT molecular complexity index is 1050. The second kappa shape index (κ2) is 9.85. The molecule has 1 aromatic heterocycles. The van der Waals surface area contributed by atoms with Crippen molar-refractivity contribution in [3.05, 3.63) is 32.6 Å². The fraction of sp³-hybridized carbons (Fsp3) is 0.636. The summed E-state index contributed by atoms with van der Waals surface area (Å²) in [6.07, 6.45) is -2.72. The van der Waals surface area contributed by atoms with Crippen LogP contribution in [0.2, 0.25) is 0 Å². The number of aliphatic hydroxyl groups is 1. The zero-order valence-electron chi connectivity index (χ0n) is 15.6. The molecule has 20 heteroatoms. The topological polar surface area (TPSA) is 256 Å². The zero-order chi connectivity index (χ0) is 23.6. The molecule has 1 aliphatic rings. The van der Waals surface area contributed by atoms with E-state index in [1.54, 1.807) is 7.05 Å². The van der Waals surface area contributed by atoms with E-state index in [-0.39, 0.29) is 18.5 Å². The molecule has 2 unspecified atom stereocenters. The molecule has 1 aromatic rings. The van der Waals surface area contributed by atoms with Crippen LogP contribution in [0, 0.1) is 0 Å². The van der Waals surface area contributed by atoms with E-state index in [9.17, 15) is 33.3 Å². The summed E-state index contributed by atoms with van der Waals surface area (Å²) in [7, 11) is -15.0. The quantitative estimate of drug-likeness (QED) is 0.172. The van der Waals surface area contributed by atoms with Gasteiger partial charge >= 0.3 is 29.2 Å². The molecule has 2 rings (SSSR count). The van der Waals surface area contributed by atoms with Crippen molar-refractivity contribution < 1.29 is 56.3 Å². The SMILES string of the molecule is CNCc1cn([C@H]2C[C@@H](O)[C@@H](COP(=O)(O)OP(=O)(O)OP(=O)(O)O)O2)c(=O)[nH]c1=O. The Labute approximate surface area is 173 Å². The van der Waals surface area contributed by atoms with Crippen molar-refractivity contribution in [2.24, 2.45) is 0 Å². The molecule has 1 fully saturated rings. The average Bonchev–Trinajstić information content (AvgIpc) is 2.93. The second-order valence-electron chi connectivity index (χ2n) is 6.17. The van der Waals surface area contributed by atoms with E-state index in [0.29, 0.717) is 0 Å². The molecule has 2 heterocycles. The lowest BCUT2D eigenvalue weighted by Crippen LogP contribution is -2.35. The average molecular weight is 511 g/mol. The van der Waals surface area contributed by atoms with Crippen LogP contribution < -0.4 is 16.6 Å². The molecule has 0 saturated carbocycles. The number of ether oxygens (including phenoxy) is 1. The lowest BCUT2D eigenvalue weighted by Gasteiger charge is -2.19. The van der Waals surface area contributed by atoms with Gasteiger partial charge in [0.1, 0.15) is 12.3 Å². The molecule has 0 amide bonds. The third-order valence-corrected chi connectivity index (χ3v) is 7.54. The highest BCUT2D eigenvalue weighted by Crippen LogP contribution is 2.66. The summed E-state index contributed by atoms with van der Waals surface area (Å²) in [4.78, 5) is 61.4. The molecule has 1 aliphatic heterocycles. The molecule has 178 valence electrons. The van der Waals surface area contributed by atoms with Gasteiger partial charge in [-0.1, -0.05) is 0 Å². The molecule has 0 bridgehead atoms. The molecule has 0 radical (unpaired) electrons. The van der Waals surface area contributed by atoms with Crippen LogP contribution in [0.25, 0.3) is 0 Å². The van der Waals surface area contributed by atoms with Gasteiger partial charge in [0, 0.05) is 24.7 Å². The highest BCUT2D eigenvalue weighted by Gasteiger charge is 2.43. The van der Waals surface area contributed by atoms with E-state index in [1.165, 1.54) is 6.20 Å². The van der Waals surface area contributed by atoms with Gasteiger partial charge in [0.25, 0.3) is 5.56 Å². The van der Waals surface area contributed by atoms with Gasteiger partial charge in [-0.2, -0.15) is 8.62 Å². The van der Waals surface area contributed by atoms with Crippen LogP contribution in [0.3, 0.4) is 0 Å². The predicted octanol–water partition coefficient (Wildman–Crippen LogP) is -1.75. The third kappa shape index (κ3) is 7.80. The number of rotatable bonds is 10. The van der Waals surface area contributed by atoms with Gasteiger partial charge in [-0.25, -0.2) is 18.5 Å². The maximum Gasteiger partial charge on any atom is 0.490 e. The van der Waals surface area contributed by atoms with Crippen molar-refractivity contribution in [2.75, 3.05) is 13.7 Å². The molecule has 0 spiro atoms. The summed E-state index contributed by atoms with van der Waals surface area (Å²) >= 11 is 0. The Morgan fingerprint density at radius 2 is 1.84 bits per heavy atom. The summed E-state index contributed by atoms with van der Waals surface area (Å²) < 4.78 is 51.6. The first-order valence-electron chi connectivity index (χ1n) is 8.23. The maximum absolute atomic E-state index is 12.0. The lowest BCUT2D eigenvalue weighted by atomic mass is 10.2. The Balaban J connectivity index is 2.06. The number of aromatic amines is 1. The highest BCUT2D eigenvalue weighted by molar-refractivity contribution is 7.66. The van der Waals surface area contributed by atoms with Gasteiger partial charge in [-0.05, 0) is 7.05 Å². The summed E-state index contributed by atoms with van der Waals surface area (Å²) in [5.74, 6) is 0. The molecule has 0 aliphatic carbocycles. The number of nitrogens with one attached hydrogen (secondary N) is 2. The molecule has 31 heavy (non-hydrogen) atoms. The van der Waals surface area contributed by atoms with E-state index in [4.69, 9.17) is 19.4 Å². The molecule has 17 nitrogen and oxygen atoms in total. The van der Waals surface area contributed by atoms with Gasteiger partial charge in [0.05, 0.1) is 12.7 Å². The van der Waals surface area contributed by atoms with E-state index < -0.39 is 59.8 Å². The molecular weight excluding hydrogens is 491 g/mol. The number of phosphoric acid groups is 3. The maximum atomic E-state index is 12.0. The monoisotopic (exact) mass is 511 g/mol. The van der Waals surface area contributed by atoms with Crippen LogP contribution in [0.5, 0.6) is 0 Å². The normalized spacial score (nSPS) is 25.8. The second-order valence-corrected chi connectivity index (χ2v) is 10.6. The van der Waals surface area contributed by atoms with Crippen LogP contribution in [-0.2, 0) is 38.1 Å². The van der Waals surface area contributed by atoms with Crippen LogP contribution in [-0.4, -0.2) is 60.1 Å². The number of nitrogens with zero attached hydrogens (tertiary/aromatic N) is 1. The van der Waals surface area contributed by atoms with Crippen LogP contribution >= 0.6 is 23.5 Å². The number of aromatic nitrogens is 2. The third-order valence-electron chi connectivity index (χ3n) is 3.74. The molecular formula is C11H20N3O14P3. The van der Waals surface area contributed by atoms with E-state index in [2.05, 4.69) is 23.4 Å². The largest absolute Gasteiger partial charge is 0.490 e. The van der Waals surface area contributed by atoms with Gasteiger partial charge in [0.2, 0.25) is 0 Å². The van der Waals surface area contributed by atoms with E-state index >= 15 is 0 Å². The van der Waals surface area contributed by atoms with Crippen molar-refractivity contribution in [3.63, 3.8) is 0 Å². The Morgan fingerprint density at radius 3 is 2.42 bits per heavy atom. The first kappa shape index (κ1) is 26.2. The van der Waals surface area contributed by atoms with E-state index in [0.717, 1.165) is 4.57 Å². The van der Waals surface area contributed by atoms with Gasteiger partial charge in [-0.15, -0.1) is 0 Å². The molecule has 0 aromatic carbocycles. The minimum Gasteiger partial charge on any atom is -0.390 e. The molecule has 5 atom stereocenters. The smallest absolute Gasteiger partial charge is 0.390 e. The fourth-order valence-electron chi connectivity index (χ4n) is 2.56. The lowest BCUT2D eigenvalue weighted by molar-refractivity contribution is -0.0450. The van der Waals surface area contributed by atoms with Crippen LogP contribution in [0.1, 0.15) is 18.2 Å². The van der Waals surface area contributed by atoms with Gasteiger partial charge in [-0.3, -0.25) is 18.9 Å². The Morgan fingerprint density at radius 1 is 1.19 bits per heavy atom. The van der Waals surface area contributed by atoms with Crippen molar-refractivity contribution in [2.45, 2.75) is 31.4 Å². The minimum atomic E-state index is -5.69. The van der Waals surface area contributed by atoms with Gasteiger partial charge < -0.3 is 34.7 Å². The number of phosphoric ester groups is 1. The summed E-state index contributed by atoms with van der Waals surface area (Å²) in [5, 5.41) is 12.8. The number of aliphatic hydroxyl groups excluding tert-OH is 1. The zero-order valence-corrected chi connectivity index (χ0v) is 18.3. The van der Waals surface area contributed by atoms with Crippen molar-refractivity contribution in [1.82, 2.24) is 14.9 Å². The molecule has 1 saturated heterocycles. The first-order valence-corrected chi connectivity index (χ1v) is 12.8. The Kier molecular flexibility index (Phi) is 8.33. The Hall–Kier alpha value is -1.03. The number of hydrogen-bond acceptors (Lipinski definition) is 11. The standard InChI is InChI=1S/C11H20N3O14P3/c1-12-3-6-4-14(11(17)13-10(6)16)9-2-7(15)8(26-9)5-25-30(21,22)28-31(23,24)27-29(18,19)20/h4,7-9,12,15H,2-3,5H2,1H3,(H,21,22)(H,23,24)(H,13,16,17)(H2,18,19,20)/t7-,8-,9-/m1/s1. The van der Waals surface area contributed by atoms with Crippen molar-refractivity contribution in [3.8, 4) is 0 Å². The number of hydrogen-bond donors (Lipinski definition) is 7. The van der Waals surface area contributed by atoms with Gasteiger partial charge in [0.15, 0.2) is 0 Å². The summed E-state index contributed by atoms with van der Waals surface area (Å²) in [6.45, 7) is -0.761. The van der Waals surface area contributed by atoms with E-state index in [1.807, 2.05) is 0 Å². The van der Waals surface area contributed by atoms with Crippen LogP contribution in [0.4, 0.5) is 0 Å². The summed E-state index contributed by atoms with van der Waals surface area (Å²) in [5.41, 5.74) is -1.27. The summed E-state index contributed by atoms with van der Waals surface area (Å²) in [6, 6.07) is 0. The van der Waals surface area contributed by atoms with Crippen LogP contribution in [0.15, 0.2) is 15.8 Å².